The summed E-state index contributed by atoms with van der Waals surface area (Å²) in [5, 5.41) is 0. The van der Waals surface area contributed by atoms with E-state index >= 15 is 0 Å². The largest absolute Gasteiger partial charge is 0.473 e. The number of hydrogen-bond donors (Lipinski definition) is 2. The van der Waals surface area contributed by atoms with Crippen LogP contribution in [0.4, 0.5) is 16.2 Å². The molecule has 0 aliphatic heterocycles. The van der Waals surface area contributed by atoms with E-state index in [4.69, 9.17) is 20.9 Å². The monoisotopic (exact) mass is 465 g/mol. The number of nitrogen functional groups attached to an aromatic ring is 2. The van der Waals surface area contributed by atoms with Crippen molar-refractivity contribution < 1.29 is 14.3 Å². The standard InChI is InChI=1S/C29H27N3O3/c30-21-11-9-20(10-12-21)17-32(19-35-23-15-13-22(31)14-16-23)29(33)34-18-28-26-7-3-1-5-24(26)25-6-2-4-8-27(25)28/h1-16,28H,17-19,30-31H2. The van der Waals surface area contributed by atoms with Gasteiger partial charge in [-0.15, -0.1) is 0 Å². The van der Waals surface area contributed by atoms with Gasteiger partial charge in [-0.05, 0) is 64.2 Å². The number of nitrogens with zero attached hydrogens (tertiary/aromatic N) is 1. The fourth-order valence-corrected chi connectivity index (χ4v) is 4.41. The minimum absolute atomic E-state index is 0.0114. The molecule has 1 aliphatic carbocycles. The Bertz CT molecular complexity index is 1270. The van der Waals surface area contributed by atoms with Crippen molar-refractivity contribution in [2.24, 2.45) is 0 Å². The first-order chi connectivity index (χ1) is 17.1. The van der Waals surface area contributed by atoms with Gasteiger partial charge in [-0.2, -0.15) is 0 Å². The van der Waals surface area contributed by atoms with Crippen molar-refractivity contribution >= 4 is 17.5 Å². The third kappa shape index (κ3) is 4.92. The second-order valence-corrected chi connectivity index (χ2v) is 8.59. The highest BCUT2D eigenvalue weighted by molar-refractivity contribution is 5.79. The Kier molecular flexibility index (Phi) is 6.26. The summed E-state index contributed by atoms with van der Waals surface area (Å²) in [7, 11) is 0. The highest BCUT2D eigenvalue weighted by Crippen LogP contribution is 2.44. The summed E-state index contributed by atoms with van der Waals surface area (Å²) in [5.74, 6) is 0.607. The van der Waals surface area contributed by atoms with Crippen LogP contribution in [0.25, 0.3) is 11.1 Å². The van der Waals surface area contributed by atoms with Crippen molar-refractivity contribution in [3.63, 3.8) is 0 Å². The maximum atomic E-state index is 13.2. The molecule has 0 heterocycles. The predicted molar refractivity (Wildman–Crippen MR) is 138 cm³/mol. The Morgan fingerprint density at radius 2 is 1.29 bits per heavy atom. The van der Waals surface area contributed by atoms with Gasteiger partial charge in [-0.1, -0.05) is 60.7 Å². The normalized spacial score (nSPS) is 12.0. The fourth-order valence-electron chi connectivity index (χ4n) is 4.41. The smallest absolute Gasteiger partial charge is 0.412 e. The van der Waals surface area contributed by atoms with Crippen LogP contribution in [0.2, 0.25) is 0 Å². The Balaban J connectivity index is 1.32. The molecule has 1 aliphatic rings. The first kappa shape index (κ1) is 22.3. The van der Waals surface area contributed by atoms with Gasteiger partial charge in [0, 0.05) is 17.3 Å². The molecule has 6 nitrogen and oxygen atoms in total. The summed E-state index contributed by atoms with van der Waals surface area (Å²) in [6, 6.07) is 31.0. The van der Waals surface area contributed by atoms with Crippen LogP contribution in [-0.4, -0.2) is 24.3 Å². The van der Waals surface area contributed by atoms with Crippen molar-refractivity contribution in [1.29, 1.82) is 0 Å². The van der Waals surface area contributed by atoms with Gasteiger partial charge in [0.1, 0.15) is 12.4 Å². The lowest BCUT2D eigenvalue weighted by molar-refractivity contribution is 0.0644. The number of hydrogen-bond acceptors (Lipinski definition) is 5. The quantitative estimate of drug-likeness (QED) is 0.272. The summed E-state index contributed by atoms with van der Waals surface area (Å²) < 4.78 is 11.7. The molecule has 0 bridgehead atoms. The number of anilines is 2. The van der Waals surface area contributed by atoms with E-state index in [-0.39, 0.29) is 19.3 Å². The van der Waals surface area contributed by atoms with Gasteiger partial charge >= 0.3 is 6.09 Å². The molecule has 4 aromatic rings. The maximum absolute atomic E-state index is 13.2. The van der Waals surface area contributed by atoms with Crippen LogP contribution in [0.15, 0.2) is 97.1 Å². The van der Waals surface area contributed by atoms with Crippen LogP contribution >= 0.6 is 0 Å². The number of amides is 1. The van der Waals surface area contributed by atoms with Gasteiger partial charge in [0.15, 0.2) is 6.73 Å². The van der Waals surface area contributed by atoms with E-state index in [0.29, 0.717) is 23.7 Å². The van der Waals surface area contributed by atoms with E-state index in [0.717, 1.165) is 5.56 Å². The molecular formula is C29H27N3O3. The lowest BCUT2D eigenvalue weighted by atomic mass is 9.98. The third-order valence-electron chi connectivity index (χ3n) is 6.21. The summed E-state index contributed by atoms with van der Waals surface area (Å²) >= 11 is 0. The molecule has 0 saturated carbocycles. The van der Waals surface area contributed by atoms with Crippen molar-refractivity contribution in [3.8, 4) is 16.9 Å². The van der Waals surface area contributed by atoms with Crippen LogP contribution in [0.1, 0.15) is 22.6 Å². The van der Waals surface area contributed by atoms with Gasteiger partial charge < -0.3 is 20.9 Å². The summed E-state index contributed by atoms with van der Waals surface area (Å²) in [4.78, 5) is 14.8. The minimum atomic E-state index is -0.445. The van der Waals surface area contributed by atoms with E-state index in [9.17, 15) is 4.79 Å². The molecule has 4 N–H and O–H groups in total. The highest BCUT2D eigenvalue weighted by atomic mass is 16.6. The average Bonchev–Trinajstić information content (AvgIpc) is 3.21. The van der Waals surface area contributed by atoms with Crippen LogP contribution in [0.5, 0.6) is 5.75 Å². The van der Waals surface area contributed by atoms with E-state index in [1.54, 1.807) is 24.3 Å². The van der Waals surface area contributed by atoms with Gasteiger partial charge in [0.05, 0.1) is 6.54 Å². The van der Waals surface area contributed by atoms with E-state index < -0.39 is 6.09 Å². The topological polar surface area (TPSA) is 90.8 Å². The molecule has 35 heavy (non-hydrogen) atoms. The molecule has 6 heteroatoms. The lowest BCUT2D eigenvalue weighted by Crippen LogP contribution is -2.35. The van der Waals surface area contributed by atoms with Crippen molar-refractivity contribution in [3.05, 3.63) is 114 Å². The predicted octanol–water partition coefficient (Wildman–Crippen LogP) is 5.64. The van der Waals surface area contributed by atoms with Crippen LogP contribution in [0.3, 0.4) is 0 Å². The molecule has 0 unspecified atom stereocenters. The molecule has 0 radical (unpaired) electrons. The fraction of sp³-hybridized carbons (Fsp3) is 0.138. The van der Waals surface area contributed by atoms with E-state index in [1.165, 1.54) is 27.2 Å². The molecule has 0 saturated heterocycles. The van der Waals surface area contributed by atoms with Gasteiger partial charge in [-0.25, -0.2) is 4.79 Å². The van der Waals surface area contributed by atoms with Crippen LogP contribution in [-0.2, 0) is 11.3 Å². The molecule has 0 fully saturated rings. The molecule has 0 atom stereocenters. The number of carbonyl (C=O) groups is 1. The third-order valence-corrected chi connectivity index (χ3v) is 6.21. The van der Waals surface area contributed by atoms with Crippen molar-refractivity contribution in [1.82, 2.24) is 4.90 Å². The zero-order valence-electron chi connectivity index (χ0n) is 19.3. The molecular weight excluding hydrogens is 438 g/mol. The lowest BCUT2D eigenvalue weighted by Gasteiger charge is -2.24. The Labute approximate surface area is 204 Å². The zero-order valence-corrected chi connectivity index (χ0v) is 19.3. The Morgan fingerprint density at radius 3 is 1.89 bits per heavy atom. The molecule has 4 aromatic carbocycles. The molecule has 1 amide bonds. The van der Waals surface area contributed by atoms with Gasteiger partial charge in [0.2, 0.25) is 0 Å². The number of carbonyl (C=O) groups excluding carboxylic acids is 1. The van der Waals surface area contributed by atoms with Crippen molar-refractivity contribution in [2.75, 3.05) is 24.8 Å². The summed E-state index contributed by atoms with van der Waals surface area (Å²) in [5.41, 5.74) is 18.5. The second kappa shape index (κ2) is 9.81. The first-order valence-corrected chi connectivity index (χ1v) is 11.5. The Morgan fingerprint density at radius 1 is 0.743 bits per heavy atom. The van der Waals surface area contributed by atoms with Crippen LogP contribution < -0.4 is 16.2 Å². The summed E-state index contributed by atoms with van der Waals surface area (Å²) in [6.45, 7) is 0.601. The van der Waals surface area contributed by atoms with Crippen molar-refractivity contribution in [2.45, 2.75) is 12.5 Å². The average molecular weight is 466 g/mol. The SMILES string of the molecule is Nc1ccc(CN(COc2ccc(N)cc2)C(=O)OCC2c3ccccc3-c3ccccc32)cc1. The molecule has 176 valence electrons. The molecule has 5 rings (SSSR count). The number of rotatable bonds is 7. The highest BCUT2D eigenvalue weighted by Gasteiger charge is 2.29. The minimum Gasteiger partial charge on any atom is -0.473 e. The Hall–Kier alpha value is -4.45. The van der Waals surface area contributed by atoms with Gasteiger partial charge in [-0.3, -0.25) is 4.90 Å². The zero-order chi connectivity index (χ0) is 24.2. The number of ether oxygens (including phenoxy) is 2. The first-order valence-electron chi connectivity index (χ1n) is 11.5. The van der Waals surface area contributed by atoms with E-state index in [2.05, 4.69) is 24.3 Å². The van der Waals surface area contributed by atoms with Gasteiger partial charge in [0.25, 0.3) is 0 Å². The van der Waals surface area contributed by atoms with E-state index in [1.807, 2.05) is 48.5 Å². The van der Waals surface area contributed by atoms with Crippen LogP contribution in [0, 0.1) is 0 Å². The summed E-state index contributed by atoms with van der Waals surface area (Å²) in [6.07, 6.45) is -0.445. The second-order valence-electron chi connectivity index (χ2n) is 8.59. The number of fused-ring (bicyclic) bond motifs is 3. The molecule has 0 aromatic heterocycles. The number of benzene rings is 4. The maximum Gasteiger partial charge on any atom is 0.412 e. The number of nitrogens with two attached hydrogens (primary N) is 2. The molecule has 0 spiro atoms.